The van der Waals surface area contributed by atoms with Crippen molar-refractivity contribution < 1.29 is 38.5 Å². The van der Waals surface area contributed by atoms with Crippen molar-refractivity contribution in [2.75, 3.05) is 50.8 Å². The predicted octanol–water partition coefficient (Wildman–Crippen LogP) is 6.06. The number of rotatable bonds is 12. The highest BCUT2D eigenvalue weighted by molar-refractivity contribution is 6.23. The van der Waals surface area contributed by atoms with Gasteiger partial charge in [-0.05, 0) is 127 Å². The van der Waals surface area contributed by atoms with E-state index in [1.807, 2.05) is 41.3 Å². The Morgan fingerprint density at radius 3 is 1.98 bits per heavy atom. The van der Waals surface area contributed by atoms with Crippen LogP contribution in [0.25, 0.3) is 11.1 Å². The van der Waals surface area contributed by atoms with Crippen molar-refractivity contribution in [2.45, 2.75) is 63.6 Å². The first-order valence-electron chi connectivity index (χ1n) is 21.4. The van der Waals surface area contributed by atoms with Crippen LogP contribution in [-0.4, -0.2) is 113 Å². The summed E-state index contributed by atoms with van der Waals surface area (Å²) in [6.07, 6.45) is 4.10. The van der Waals surface area contributed by atoms with Crippen molar-refractivity contribution in [1.82, 2.24) is 20.0 Å². The minimum absolute atomic E-state index is 0.0248. The van der Waals surface area contributed by atoms with Crippen LogP contribution in [0.5, 0.6) is 17.2 Å². The third kappa shape index (κ3) is 7.99. The summed E-state index contributed by atoms with van der Waals surface area (Å²) in [6, 6.07) is 24.8. The zero-order valence-corrected chi connectivity index (χ0v) is 34.2. The van der Waals surface area contributed by atoms with Gasteiger partial charge in [0.15, 0.2) is 0 Å². The monoisotopic (exact) mass is 827 g/mol. The van der Waals surface area contributed by atoms with Gasteiger partial charge in [-0.2, -0.15) is 0 Å². The number of hydrogen-bond acceptors (Lipinski definition) is 10. The Morgan fingerprint density at radius 1 is 0.787 bits per heavy atom. The number of nitrogens with zero attached hydrogens (tertiary/aromatic N) is 4. The van der Waals surface area contributed by atoms with Crippen molar-refractivity contribution in [1.29, 1.82) is 0 Å². The highest BCUT2D eigenvalue weighted by atomic mass is 19.1. The van der Waals surface area contributed by atoms with Gasteiger partial charge in [0.25, 0.3) is 11.8 Å². The van der Waals surface area contributed by atoms with E-state index in [-0.39, 0.29) is 47.6 Å². The van der Waals surface area contributed by atoms with Gasteiger partial charge in [0, 0.05) is 44.7 Å². The van der Waals surface area contributed by atoms with Crippen molar-refractivity contribution in [3.8, 4) is 17.2 Å². The Morgan fingerprint density at radius 2 is 1.38 bits per heavy atom. The van der Waals surface area contributed by atoms with Crippen LogP contribution in [0.3, 0.4) is 0 Å². The van der Waals surface area contributed by atoms with Crippen molar-refractivity contribution in [3.63, 3.8) is 0 Å². The third-order valence-electron chi connectivity index (χ3n) is 13.2. The number of hydrogen-bond donors (Lipinski definition) is 3. The summed E-state index contributed by atoms with van der Waals surface area (Å²) < 4.78 is 21.8. The van der Waals surface area contributed by atoms with Crippen molar-refractivity contribution in [2.24, 2.45) is 5.92 Å². The van der Waals surface area contributed by atoms with E-state index in [0.717, 1.165) is 96.4 Å². The van der Waals surface area contributed by atoms with Crippen LogP contribution in [0.1, 0.15) is 82.9 Å². The molecule has 0 spiro atoms. The van der Waals surface area contributed by atoms with Gasteiger partial charge in [-0.25, -0.2) is 4.39 Å². The minimum Gasteiger partial charge on any atom is -0.508 e. The number of phenols is 2. The molecule has 0 aromatic heterocycles. The Hall–Kier alpha value is -6.05. The fraction of sp³-hybridized carbons (Fsp3) is 0.375. The van der Waals surface area contributed by atoms with Gasteiger partial charge < -0.3 is 19.8 Å². The molecular weight excluding hydrogens is 778 g/mol. The van der Waals surface area contributed by atoms with Gasteiger partial charge in [0.05, 0.1) is 16.8 Å². The fourth-order valence-electron chi connectivity index (χ4n) is 9.94. The normalized spacial score (nSPS) is 22.5. The molecule has 6 heterocycles. The second-order valence-corrected chi connectivity index (χ2v) is 16.9. The number of imide groups is 2. The van der Waals surface area contributed by atoms with Gasteiger partial charge in [-0.3, -0.25) is 39.2 Å². The van der Waals surface area contributed by atoms with E-state index in [1.165, 1.54) is 6.07 Å². The van der Waals surface area contributed by atoms with Crippen LogP contribution in [0.4, 0.5) is 10.1 Å². The molecule has 316 valence electrons. The number of allylic oxidation sites excluding steroid dienone is 1. The van der Waals surface area contributed by atoms with E-state index in [2.05, 4.69) is 34.2 Å². The summed E-state index contributed by atoms with van der Waals surface area (Å²) in [6.45, 7) is 7.82. The van der Waals surface area contributed by atoms with Crippen molar-refractivity contribution in [3.05, 3.63) is 119 Å². The Balaban J connectivity index is 0.756. The highest BCUT2D eigenvalue weighted by Gasteiger charge is 2.48. The number of aromatic hydroxyl groups is 2. The molecule has 6 aliphatic rings. The molecule has 4 amide bonds. The number of piperidine rings is 3. The van der Waals surface area contributed by atoms with E-state index in [9.17, 15) is 29.4 Å². The maximum Gasteiger partial charge on any atom is 0.262 e. The number of fused-ring (bicyclic) bond motifs is 3. The number of benzene rings is 4. The molecule has 5 saturated heterocycles. The number of piperazine rings is 1. The lowest BCUT2D eigenvalue weighted by Gasteiger charge is -2.58. The number of ether oxygens (including phenoxy) is 1. The first-order chi connectivity index (χ1) is 29.5. The number of carbonyl (C=O) groups excluding carboxylic acids is 4. The molecule has 0 saturated carbocycles. The van der Waals surface area contributed by atoms with E-state index < -0.39 is 35.5 Å². The van der Waals surface area contributed by atoms with Crippen LogP contribution in [0.15, 0.2) is 84.9 Å². The number of amides is 4. The molecule has 0 aliphatic carbocycles. The molecule has 3 N–H and O–H groups in total. The molecule has 3 atom stereocenters. The lowest BCUT2D eigenvalue weighted by molar-refractivity contribution is -0.136. The van der Waals surface area contributed by atoms with Gasteiger partial charge in [-0.1, -0.05) is 43.3 Å². The molecule has 2 bridgehead atoms. The number of nitrogens with one attached hydrogen (secondary N) is 1. The average molecular weight is 828 g/mol. The third-order valence-corrected chi connectivity index (χ3v) is 13.2. The molecule has 10 rings (SSSR count). The van der Waals surface area contributed by atoms with Crippen LogP contribution >= 0.6 is 0 Å². The van der Waals surface area contributed by atoms with Gasteiger partial charge in [0.1, 0.15) is 35.7 Å². The molecular formula is C48H50FN5O7. The summed E-state index contributed by atoms with van der Waals surface area (Å²) in [5.41, 5.74) is 5.60. The SMILES string of the molecule is CCC(=C(c1ccc(O)cc1)c1ccc(OCCN2CCC(CN3C4CC3CN(c3cc5c(cc3F)C(=O)N(C3CCC(=O)NC3=O)C5=O)C4)CC2)cc1)c1ccc(O)cc1. The van der Waals surface area contributed by atoms with E-state index in [4.69, 9.17) is 4.74 Å². The number of halogens is 1. The molecule has 4 aromatic rings. The summed E-state index contributed by atoms with van der Waals surface area (Å²) in [5.74, 6) is -1.22. The first kappa shape index (κ1) is 40.4. The lowest BCUT2D eigenvalue weighted by atomic mass is 9.84. The summed E-state index contributed by atoms with van der Waals surface area (Å²) in [7, 11) is 0. The zero-order chi connectivity index (χ0) is 42.4. The van der Waals surface area contributed by atoms with E-state index >= 15 is 4.39 Å². The summed E-state index contributed by atoms with van der Waals surface area (Å²) >= 11 is 0. The Kier molecular flexibility index (Phi) is 11.1. The van der Waals surface area contributed by atoms with Crippen LogP contribution < -0.4 is 15.0 Å². The largest absolute Gasteiger partial charge is 0.508 e. The molecule has 5 fully saturated rings. The average Bonchev–Trinajstić information content (AvgIpc) is 3.50. The Labute approximate surface area is 354 Å². The summed E-state index contributed by atoms with van der Waals surface area (Å²) in [5, 5.41) is 22.1. The second kappa shape index (κ2) is 16.8. The standard InChI is InChI=1S/C48H50FN5O7/c1-2-38(30-3-9-35(55)10-4-30)45(31-5-11-36(56)12-6-31)32-7-13-37(14-8-32)61-22-21-51-19-17-29(18-20-51)26-53-33-23-34(53)28-52(27-33)43-25-40-39(24-41(43)49)47(59)54(48(40)60)42-15-16-44(57)50-46(42)58/h3-14,24-25,29,33-34,42,55-56H,2,15-23,26-28H2,1H3,(H,50,57,58). The van der Waals surface area contributed by atoms with E-state index in [1.54, 1.807) is 24.3 Å². The minimum atomic E-state index is -1.09. The molecule has 12 nitrogen and oxygen atoms in total. The fourth-order valence-corrected chi connectivity index (χ4v) is 9.94. The second-order valence-electron chi connectivity index (χ2n) is 16.9. The maximum absolute atomic E-state index is 15.6. The maximum atomic E-state index is 15.6. The van der Waals surface area contributed by atoms with Gasteiger partial charge in [0.2, 0.25) is 11.8 Å². The smallest absolute Gasteiger partial charge is 0.262 e. The topological polar surface area (TPSA) is 143 Å². The molecule has 13 heteroatoms. The van der Waals surface area contributed by atoms with Crippen LogP contribution in [0, 0.1) is 11.7 Å². The van der Waals surface area contributed by atoms with Crippen LogP contribution in [0.2, 0.25) is 0 Å². The lowest BCUT2D eigenvalue weighted by Crippen LogP contribution is -2.69. The quantitative estimate of drug-likeness (QED) is 0.114. The Bertz CT molecular complexity index is 2360. The summed E-state index contributed by atoms with van der Waals surface area (Å²) in [4.78, 5) is 58.6. The number of likely N-dealkylation sites (tertiary alicyclic amines) is 1. The molecule has 3 unspecified atom stereocenters. The zero-order valence-electron chi connectivity index (χ0n) is 34.2. The molecule has 6 aliphatic heterocycles. The predicted molar refractivity (Wildman–Crippen MR) is 228 cm³/mol. The molecule has 4 aromatic carbocycles. The molecule has 0 radical (unpaired) electrons. The van der Waals surface area contributed by atoms with Crippen molar-refractivity contribution >= 4 is 40.5 Å². The number of phenolic OH excluding ortho intramolecular Hbond substituents is 2. The number of anilines is 1. The first-order valence-corrected chi connectivity index (χ1v) is 21.4. The van der Waals surface area contributed by atoms with Gasteiger partial charge in [-0.15, -0.1) is 0 Å². The highest BCUT2D eigenvalue weighted by Crippen LogP contribution is 2.40. The molecule has 61 heavy (non-hydrogen) atoms. The van der Waals surface area contributed by atoms with E-state index in [0.29, 0.717) is 31.3 Å². The number of carbonyl (C=O) groups is 4. The van der Waals surface area contributed by atoms with Gasteiger partial charge >= 0.3 is 0 Å². The van der Waals surface area contributed by atoms with Crippen LogP contribution in [-0.2, 0) is 9.59 Å².